The second-order valence-electron chi connectivity index (χ2n) is 7.26. The van der Waals surface area contributed by atoms with E-state index in [1.54, 1.807) is 0 Å². The van der Waals surface area contributed by atoms with Crippen LogP contribution in [0.25, 0.3) is 0 Å². The number of rotatable bonds is 6. The molecule has 2 aromatic rings. The van der Waals surface area contributed by atoms with Crippen molar-refractivity contribution in [2.24, 2.45) is 0 Å². The van der Waals surface area contributed by atoms with Gasteiger partial charge in [0.1, 0.15) is 0 Å². The van der Waals surface area contributed by atoms with Crippen molar-refractivity contribution < 1.29 is 4.79 Å². The van der Waals surface area contributed by atoms with Crippen LogP contribution in [-0.4, -0.2) is 54.5 Å². The molecule has 27 heavy (non-hydrogen) atoms. The zero-order chi connectivity index (χ0) is 19.2. The number of aryl methyl sites for hydroxylation is 1. The maximum Gasteiger partial charge on any atom is 0.241 e. The lowest BCUT2D eigenvalue weighted by Gasteiger charge is -2.37. The van der Waals surface area contributed by atoms with Gasteiger partial charge in [-0.25, -0.2) is 0 Å². The van der Waals surface area contributed by atoms with E-state index in [1.807, 2.05) is 32.0 Å². The van der Waals surface area contributed by atoms with Crippen molar-refractivity contribution in [3.05, 3.63) is 64.1 Å². The molecule has 0 unspecified atom stereocenters. The number of benzene rings is 2. The van der Waals surface area contributed by atoms with E-state index in [-0.39, 0.29) is 11.9 Å². The number of halogens is 1. The third-order valence-electron chi connectivity index (χ3n) is 5.28. The number of carbonyl (C=O) groups excluding carboxylic acids is 1. The minimum absolute atomic E-state index is 0.0530. The maximum atomic E-state index is 12.7. The van der Waals surface area contributed by atoms with Gasteiger partial charge in [-0.05, 0) is 59.5 Å². The van der Waals surface area contributed by atoms with Crippen LogP contribution < -0.4 is 5.32 Å². The molecule has 2 aromatic carbocycles. The van der Waals surface area contributed by atoms with Gasteiger partial charge in [0.15, 0.2) is 0 Å². The quantitative estimate of drug-likeness (QED) is 0.754. The molecule has 1 saturated heterocycles. The molecule has 1 aliphatic heterocycles. The predicted molar refractivity (Wildman–Crippen MR) is 115 cm³/mol. The Morgan fingerprint density at radius 2 is 1.81 bits per heavy atom. The molecule has 144 valence electrons. The summed E-state index contributed by atoms with van der Waals surface area (Å²) in [6.45, 7) is 9.00. The number of nitrogens with one attached hydrogen (secondary N) is 1. The molecule has 0 spiro atoms. The fraction of sp³-hybridized carbons (Fsp3) is 0.409. The lowest BCUT2D eigenvalue weighted by Crippen LogP contribution is -2.53. The van der Waals surface area contributed by atoms with Gasteiger partial charge >= 0.3 is 0 Å². The summed E-state index contributed by atoms with van der Waals surface area (Å²) in [7, 11) is 0. The monoisotopic (exact) mass is 429 g/mol. The van der Waals surface area contributed by atoms with Crippen LogP contribution >= 0.6 is 15.9 Å². The van der Waals surface area contributed by atoms with E-state index < -0.39 is 0 Å². The summed E-state index contributed by atoms with van der Waals surface area (Å²) in [6.07, 6.45) is 1.08. The zero-order valence-electron chi connectivity index (χ0n) is 16.1. The molecule has 0 aliphatic carbocycles. The maximum absolute atomic E-state index is 12.7. The highest BCUT2D eigenvalue weighted by Crippen LogP contribution is 2.24. The average molecular weight is 430 g/mol. The Bertz CT molecular complexity index is 757. The van der Waals surface area contributed by atoms with Crippen LogP contribution in [0.15, 0.2) is 53.0 Å². The van der Waals surface area contributed by atoms with E-state index >= 15 is 0 Å². The summed E-state index contributed by atoms with van der Waals surface area (Å²) in [5.41, 5.74) is 3.38. The second kappa shape index (κ2) is 9.49. The molecule has 1 heterocycles. The van der Waals surface area contributed by atoms with Crippen LogP contribution in [-0.2, 0) is 11.2 Å². The van der Waals surface area contributed by atoms with E-state index in [0.29, 0.717) is 0 Å². The van der Waals surface area contributed by atoms with Crippen molar-refractivity contribution in [2.45, 2.75) is 26.3 Å². The number of anilines is 1. The molecule has 1 fully saturated rings. The summed E-state index contributed by atoms with van der Waals surface area (Å²) < 4.78 is 0.925. The number of hydrogen-bond acceptors (Lipinski definition) is 3. The van der Waals surface area contributed by atoms with Gasteiger partial charge in [0, 0.05) is 37.2 Å². The summed E-state index contributed by atoms with van der Waals surface area (Å²) >= 11 is 3.53. The SMILES string of the molecule is Cc1ccc(NC(=O)[C@H](C)N2CCN(CCc3ccccc3)CC2)c(Br)c1. The number of carbonyl (C=O) groups is 1. The highest BCUT2D eigenvalue weighted by atomic mass is 79.9. The van der Waals surface area contributed by atoms with E-state index in [1.165, 1.54) is 11.1 Å². The normalized spacial score (nSPS) is 16.9. The number of amides is 1. The molecule has 3 rings (SSSR count). The van der Waals surface area contributed by atoms with Gasteiger partial charge in [-0.15, -0.1) is 0 Å². The largest absolute Gasteiger partial charge is 0.324 e. The van der Waals surface area contributed by atoms with Gasteiger partial charge in [-0.2, -0.15) is 0 Å². The molecule has 0 saturated carbocycles. The molecule has 5 heteroatoms. The van der Waals surface area contributed by atoms with Gasteiger partial charge in [0.25, 0.3) is 0 Å². The number of hydrogen-bond donors (Lipinski definition) is 1. The predicted octanol–water partition coefficient (Wildman–Crippen LogP) is 3.94. The van der Waals surface area contributed by atoms with Crippen LogP contribution in [0.3, 0.4) is 0 Å². The second-order valence-corrected chi connectivity index (χ2v) is 8.12. The lowest BCUT2D eigenvalue weighted by atomic mass is 10.1. The summed E-state index contributed by atoms with van der Waals surface area (Å²) in [4.78, 5) is 17.4. The molecule has 4 nitrogen and oxygen atoms in total. The van der Waals surface area contributed by atoms with Crippen molar-refractivity contribution in [1.29, 1.82) is 0 Å². The fourth-order valence-corrected chi connectivity index (χ4v) is 4.02. The molecule has 1 atom stereocenters. The van der Waals surface area contributed by atoms with Crippen LogP contribution in [0.2, 0.25) is 0 Å². The van der Waals surface area contributed by atoms with Gasteiger partial charge in [-0.1, -0.05) is 36.4 Å². The molecule has 0 bridgehead atoms. The molecular formula is C22H28BrN3O. The molecule has 0 aromatic heterocycles. The van der Waals surface area contributed by atoms with Gasteiger partial charge in [0.2, 0.25) is 5.91 Å². The van der Waals surface area contributed by atoms with Gasteiger partial charge in [0.05, 0.1) is 11.7 Å². The molecular weight excluding hydrogens is 402 g/mol. The fourth-order valence-electron chi connectivity index (χ4n) is 3.43. The topological polar surface area (TPSA) is 35.6 Å². The van der Waals surface area contributed by atoms with Crippen LogP contribution in [0.1, 0.15) is 18.1 Å². The zero-order valence-corrected chi connectivity index (χ0v) is 17.7. The summed E-state index contributed by atoms with van der Waals surface area (Å²) in [5, 5.41) is 3.05. The van der Waals surface area contributed by atoms with Crippen LogP contribution in [0, 0.1) is 6.92 Å². The first-order valence-electron chi connectivity index (χ1n) is 9.60. The number of nitrogens with zero attached hydrogens (tertiary/aromatic N) is 2. The Hall–Kier alpha value is -1.69. The third-order valence-corrected chi connectivity index (χ3v) is 5.93. The van der Waals surface area contributed by atoms with Crippen molar-refractivity contribution in [3.8, 4) is 0 Å². The Kier molecular flexibility index (Phi) is 7.05. The Balaban J connectivity index is 1.46. The Morgan fingerprint density at radius 1 is 1.11 bits per heavy atom. The molecule has 1 aliphatic rings. The average Bonchev–Trinajstić information content (AvgIpc) is 2.69. The third kappa shape index (κ3) is 5.64. The smallest absolute Gasteiger partial charge is 0.241 e. The van der Waals surface area contributed by atoms with E-state index in [9.17, 15) is 4.79 Å². The first-order valence-corrected chi connectivity index (χ1v) is 10.4. The first-order chi connectivity index (χ1) is 13.0. The van der Waals surface area contributed by atoms with Crippen molar-refractivity contribution in [2.75, 3.05) is 38.0 Å². The van der Waals surface area contributed by atoms with Crippen molar-refractivity contribution >= 4 is 27.5 Å². The lowest BCUT2D eigenvalue weighted by molar-refractivity contribution is -0.121. The van der Waals surface area contributed by atoms with Crippen LogP contribution in [0.5, 0.6) is 0 Å². The molecule has 1 amide bonds. The van der Waals surface area contributed by atoms with Crippen LogP contribution in [0.4, 0.5) is 5.69 Å². The van der Waals surface area contributed by atoms with Gasteiger partial charge in [-0.3, -0.25) is 9.69 Å². The minimum Gasteiger partial charge on any atom is -0.324 e. The van der Waals surface area contributed by atoms with Crippen molar-refractivity contribution in [1.82, 2.24) is 9.80 Å². The molecule has 1 N–H and O–H groups in total. The van der Waals surface area contributed by atoms with Crippen molar-refractivity contribution in [3.63, 3.8) is 0 Å². The number of piperazine rings is 1. The molecule has 0 radical (unpaired) electrons. The summed E-state index contributed by atoms with van der Waals surface area (Å²) in [6, 6.07) is 16.5. The minimum atomic E-state index is -0.130. The summed E-state index contributed by atoms with van der Waals surface area (Å²) in [5.74, 6) is 0.0530. The van der Waals surface area contributed by atoms with Gasteiger partial charge < -0.3 is 10.2 Å². The Labute approximate surface area is 170 Å². The standard InChI is InChI=1S/C22H28BrN3O/c1-17-8-9-21(20(23)16-17)24-22(27)18(2)26-14-12-25(13-15-26)11-10-19-6-4-3-5-7-19/h3-9,16,18H,10-15H2,1-2H3,(H,24,27)/t18-/m0/s1. The Morgan fingerprint density at radius 3 is 2.48 bits per heavy atom. The highest BCUT2D eigenvalue weighted by molar-refractivity contribution is 9.10. The first kappa shape index (κ1) is 20.1. The van der Waals surface area contributed by atoms with E-state index in [0.717, 1.165) is 49.3 Å². The van der Waals surface area contributed by atoms with E-state index in [2.05, 4.69) is 61.4 Å². The van der Waals surface area contributed by atoms with E-state index in [4.69, 9.17) is 0 Å². The highest BCUT2D eigenvalue weighted by Gasteiger charge is 2.25.